The van der Waals surface area contributed by atoms with Gasteiger partial charge in [-0.15, -0.1) is 0 Å². The van der Waals surface area contributed by atoms with Crippen LogP contribution in [0.1, 0.15) is 56.3 Å². The van der Waals surface area contributed by atoms with Crippen molar-refractivity contribution in [1.82, 2.24) is 14.9 Å². The number of hydrogen-bond acceptors (Lipinski definition) is 4. The number of unbranched alkanes of at least 4 members (excludes halogenated alkanes) is 3. The van der Waals surface area contributed by atoms with Gasteiger partial charge in [0, 0.05) is 24.7 Å². The number of carbonyl (C=O) groups excluding carboxylic acids is 2. The van der Waals surface area contributed by atoms with Crippen LogP contribution in [-0.2, 0) is 14.8 Å². The molecule has 1 saturated heterocycles. The van der Waals surface area contributed by atoms with Gasteiger partial charge in [0.25, 0.3) is 5.91 Å². The van der Waals surface area contributed by atoms with Crippen molar-refractivity contribution in [2.75, 3.05) is 19.6 Å². The molecule has 0 unspecified atom stereocenters. The molecule has 1 aliphatic rings. The number of nitrogens with zero attached hydrogens (tertiary/aromatic N) is 1. The summed E-state index contributed by atoms with van der Waals surface area (Å²) in [4.78, 5) is 24.0. The van der Waals surface area contributed by atoms with Crippen molar-refractivity contribution in [3.05, 3.63) is 29.8 Å². The average Bonchev–Trinajstić information content (AvgIpc) is 2.65. The van der Waals surface area contributed by atoms with Gasteiger partial charge in [-0.25, -0.2) is 8.42 Å². The Hall–Kier alpha value is -1.93. The normalized spacial score (nSPS) is 16.6. The van der Waals surface area contributed by atoms with Crippen molar-refractivity contribution in [3.63, 3.8) is 0 Å². The Balaban J connectivity index is 2.03. The van der Waals surface area contributed by atoms with Crippen LogP contribution in [0.4, 0.5) is 0 Å². The van der Waals surface area contributed by atoms with Gasteiger partial charge >= 0.3 is 0 Å². The van der Waals surface area contributed by atoms with Crippen LogP contribution in [-0.4, -0.2) is 50.2 Å². The predicted molar refractivity (Wildman–Crippen MR) is 104 cm³/mol. The van der Waals surface area contributed by atoms with Gasteiger partial charge < -0.3 is 10.6 Å². The van der Waals surface area contributed by atoms with Gasteiger partial charge in [-0.3, -0.25) is 9.59 Å². The lowest BCUT2D eigenvalue weighted by Gasteiger charge is -2.26. The van der Waals surface area contributed by atoms with E-state index in [9.17, 15) is 18.0 Å². The number of piperazine rings is 1. The first-order valence-electron chi connectivity index (χ1n) is 9.52. The van der Waals surface area contributed by atoms with Crippen molar-refractivity contribution in [1.29, 1.82) is 0 Å². The lowest BCUT2D eigenvalue weighted by Crippen LogP contribution is -2.49. The molecule has 1 aromatic carbocycles. The molecule has 27 heavy (non-hydrogen) atoms. The SMILES string of the molecule is CCCCCC[C@@H](C)NC(=O)c1cccc(S(=O)(=O)N2CCNC(=O)C2)c1. The molecule has 1 atom stereocenters. The highest BCUT2D eigenvalue weighted by atomic mass is 32.2. The summed E-state index contributed by atoms with van der Waals surface area (Å²) in [5.41, 5.74) is 0.304. The van der Waals surface area contributed by atoms with Crippen molar-refractivity contribution >= 4 is 21.8 Å². The zero-order valence-corrected chi connectivity index (χ0v) is 16.8. The van der Waals surface area contributed by atoms with Crippen LogP contribution in [0.5, 0.6) is 0 Å². The predicted octanol–water partition coefficient (Wildman–Crippen LogP) is 1.90. The maximum Gasteiger partial charge on any atom is 0.251 e. The zero-order chi connectivity index (χ0) is 19.9. The Labute approximate surface area is 161 Å². The van der Waals surface area contributed by atoms with Crippen LogP contribution in [0.25, 0.3) is 0 Å². The number of nitrogens with one attached hydrogen (secondary N) is 2. The second-order valence-electron chi connectivity index (χ2n) is 6.94. The van der Waals surface area contributed by atoms with Crippen molar-refractivity contribution in [2.24, 2.45) is 0 Å². The molecule has 8 heteroatoms. The van der Waals surface area contributed by atoms with Gasteiger partial charge in [0.15, 0.2) is 0 Å². The van der Waals surface area contributed by atoms with E-state index < -0.39 is 10.0 Å². The number of sulfonamides is 1. The molecular weight excluding hydrogens is 366 g/mol. The summed E-state index contributed by atoms with van der Waals surface area (Å²) in [6.07, 6.45) is 5.46. The third-order valence-electron chi connectivity index (χ3n) is 4.61. The number of rotatable bonds is 9. The molecule has 1 fully saturated rings. The molecule has 150 valence electrons. The molecule has 2 rings (SSSR count). The van der Waals surface area contributed by atoms with Crippen LogP contribution >= 0.6 is 0 Å². The van der Waals surface area contributed by atoms with E-state index in [1.54, 1.807) is 12.1 Å². The first kappa shape index (κ1) is 21.4. The third kappa shape index (κ3) is 6.04. The lowest BCUT2D eigenvalue weighted by molar-refractivity contribution is -0.122. The number of amides is 2. The van der Waals surface area contributed by atoms with Crippen LogP contribution in [0.2, 0.25) is 0 Å². The molecule has 0 saturated carbocycles. The third-order valence-corrected chi connectivity index (χ3v) is 6.45. The summed E-state index contributed by atoms with van der Waals surface area (Å²) < 4.78 is 26.6. The standard InChI is InChI=1S/C19H29N3O4S/c1-3-4-5-6-8-15(2)21-19(24)16-9-7-10-17(13-16)27(25,26)22-12-11-20-18(23)14-22/h7,9-10,13,15H,3-6,8,11-12,14H2,1-2H3,(H,20,23)(H,21,24)/t15-/m1/s1. The molecule has 0 aliphatic carbocycles. The van der Waals surface area contributed by atoms with Crippen LogP contribution in [0, 0.1) is 0 Å². The average molecular weight is 396 g/mol. The second kappa shape index (κ2) is 9.85. The molecule has 0 radical (unpaired) electrons. The second-order valence-corrected chi connectivity index (χ2v) is 8.88. The molecule has 2 amide bonds. The monoisotopic (exact) mass is 395 g/mol. The van der Waals surface area contributed by atoms with Crippen LogP contribution in [0.15, 0.2) is 29.2 Å². The van der Waals surface area contributed by atoms with Gasteiger partial charge in [-0.2, -0.15) is 4.31 Å². The minimum absolute atomic E-state index is 0.0282. The molecular formula is C19H29N3O4S. The summed E-state index contributed by atoms with van der Waals surface area (Å²) in [7, 11) is -3.81. The van der Waals surface area contributed by atoms with E-state index in [-0.39, 0.29) is 42.4 Å². The minimum atomic E-state index is -3.81. The van der Waals surface area contributed by atoms with E-state index in [4.69, 9.17) is 0 Å². The molecule has 0 aromatic heterocycles. The summed E-state index contributed by atoms with van der Waals surface area (Å²) in [6.45, 7) is 4.42. The van der Waals surface area contributed by atoms with Crippen molar-refractivity contribution < 1.29 is 18.0 Å². The highest BCUT2D eigenvalue weighted by Gasteiger charge is 2.29. The van der Waals surface area contributed by atoms with E-state index in [1.807, 2.05) is 6.92 Å². The van der Waals surface area contributed by atoms with Gasteiger partial charge in [-0.1, -0.05) is 38.7 Å². The zero-order valence-electron chi connectivity index (χ0n) is 16.0. The highest BCUT2D eigenvalue weighted by Crippen LogP contribution is 2.18. The van der Waals surface area contributed by atoms with E-state index >= 15 is 0 Å². The molecule has 0 bridgehead atoms. The Morgan fingerprint density at radius 3 is 2.78 bits per heavy atom. The number of carbonyl (C=O) groups is 2. The summed E-state index contributed by atoms with van der Waals surface area (Å²) in [5, 5.41) is 5.53. The van der Waals surface area contributed by atoms with Crippen LogP contribution < -0.4 is 10.6 Å². The fourth-order valence-electron chi connectivity index (χ4n) is 3.02. The Kier molecular flexibility index (Phi) is 7.79. The fraction of sp³-hybridized carbons (Fsp3) is 0.579. The Bertz CT molecular complexity index is 764. The number of benzene rings is 1. The minimum Gasteiger partial charge on any atom is -0.354 e. The van der Waals surface area contributed by atoms with Crippen LogP contribution in [0.3, 0.4) is 0 Å². The summed E-state index contributed by atoms with van der Waals surface area (Å²) in [6, 6.07) is 6.01. The van der Waals surface area contributed by atoms with E-state index in [0.717, 1.165) is 23.6 Å². The molecule has 1 aliphatic heterocycles. The highest BCUT2D eigenvalue weighted by molar-refractivity contribution is 7.89. The lowest BCUT2D eigenvalue weighted by atomic mass is 10.1. The van der Waals surface area contributed by atoms with Crippen molar-refractivity contribution in [2.45, 2.75) is 56.9 Å². The van der Waals surface area contributed by atoms with Gasteiger partial charge in [-0.05, 0) is 31.5 Å². The Morgan fingerprint density at radius 1 is 1.30 bits per heavy atom. The molecule has 0 spiro atoms. The maximum absolute atomic E-state index is 12.7. The first-order chi connectivity index (χ1) is 12.8. The quantitative estimate of drug-likeness (QED) is 0.624. The first-order valence-corrected chi connectivity index (χ1v) is 11.0. The largest absolute Gasteiger partial charge is 0.354 e. The summed E-state index contributed by atoms with van der Waals surface area (Å²) in [5.74, 6) is -0.609. The molecule has 7 nitrogen and oxygen atoms in total. The number of hydrogen-bond donors (Lipinski definition) is 2. The smallest absolute Gasteiger partial charge is 0.251 e. The van der Waals surface area contributed by atoms with Gasteiger partial charge in [0.1, 0.15) is 0 Å². The van der Waals surface area contributed by atoms with E-state index in [0.29, 0.717) is 5.56 Å². The fourth-order valence-corrected chi connectivity index (χ4v) is 4.47. The van der Waals surface area contributed by atoms with E-state index in [1.165, 1.54) is 25.0 Å². The summed E-state index contributed by atoms with van der Waals surface area (Å²) >= 11 is 0. The molecule has 2 N–H and O–H groups in total. The molecule has 1 aromatic rings. The van der Waals surface area contributed by atoms with E-state index in [2.05, 4.69) is 17.6 Å². The molecule has 1 heterocycles. The van der Waals surface area contributed by atoms with Gasteiger partial charge in [0.05, 0.1) is 11.4 Å². The van der Waals surface area contributed by atoms with Gasteiger partial charge in [0.2, 0.25) is 15.9 Å². The topological polar surface area (TPSA) is 95.6 Å². The van der Waals surface area contributed by atoms with Crippen molar-refractivity contribution in [3.8, 4) is 0 Å². The maximum atomic E-state index is 12.7. The Morgan fingerprint density at radius 2 is 2.07 bits per heavy atom.